The molecule has 1 aliphatic carbocycles. The van der Waals surface area contributed by atoms with Crippen molar-refractivity contribution in [2.45, 2.75) is 26.4 Å². The summed E-state index contributed by atoms with van der Waals surface area (Å²) in [4.78, 5) is 33.9. The van der Waals surface area contributed by atoms with Gasteiger partial charge < -0.3 is 20.1 Å². The summed E-state index contributed by atoms with van der Waals surface area (Å²) in [6, 6.07) is 18.7. The van der Waals surface area contributed by atoms with E-state index in [1.165, 1.54) is 11.3 Å². The average molecular weight is 489 g/mol. The summed E-state index contributed by atoms with van der Waals surface area (Å²) in [6.45, 7) is 2.23. The molecule has 0 atom stereocenters. The van der Waals surface area contributed by atoms with E-state index in [0.29, 0.717) is 39.4 Å². The largest absolute Gasteiger partial charge is 0.439 e. The highest BCUT2D eigenvalue weighted by Crippen LogP contribution is 2.33. The van der Waals surface area contributed by atoms with Crippen molar-refractivity contribution >= 4 is 44.3 Å². The second-order valence-corrected chi connectivity index (χ2v) is 9.34. The van der Waals surface area contributed by atoms with Crippen LogP contribution in [0.15, 0.2) is 60.7 Å². The first-order valence-electron chi connectivity index (χ1n) is 11.3. The van der Waals surface area contributed by atoms with Gasteiger partial charge in [-0.15, -0.1) is 0 Å². The number of pyridine rings is 1. The van der Waals surface area contributed by atoms with Crippen LogP contribution in [-0.2, 0) is 20.9 Å². The zero-order valence-electron chi connectivity index (χ0n) is 19.1. The monoisotopic (exact) mass is 488 g/mol. The van der Waals surface area contributed by atoms with Gasteiger partial charge >= 0.3 is 0 Å². The third-order valence-electron chi connectivity index (χ3n) is 5.44. The lowest BCUT2D eigenvalue weighted by molar-refractivity contribution is -0.121. The van der Waals surface area contributed by atoms with Crippen LogP contribution in [0.2, 0.25) is 0 Å². The van der Waals surface area contributed by atoms with Gasteiger partial charge in [-0.3, -0.25) is 9.59 Å². The molecule has 0 radical (unpaired) electrons. The second-order valence-electron chi connectivity index (χ2n) is 8.37. The molecule has 5 rings (SSSR count). The fourth-order valence-electron chi connectivity index (χ4n) is 3.40. The number of anilines is 2. The van der Waals surface area contributed by atoms with Crippen molar-refractivity contribution in [3.05, 3.63) is 71.8 Å². The number of carbonyl (C=O) groups is 2. The van der Waals surface area contributed by atoms with Crippen LogP contribution in [-0.4, -0.2) is 28.4 Å². The lowest BCUT2D eigenvalue weighted by Gasteiger charge is -2.11. The number of ether oxygens (including phenoxy) is 2. The minimum absolute atomic E-state index is 0.0143. The van der Waals surface area contributed by atoms with Crippen molar-refractivity contribution in [3.63, 3.8) is 0 Å². The molecule has 1 aliphatic rings. The third kappa shape index (κ3) is 6.00. The minimum atomic E-state index is -0.249. The van der Waals surface area contributed by atoms with E-state index in [1.807, 2.05) is 55.5 Å². The molecule has 0 saturated heterocycles. The van der Waals surface area contributed by atoms with Gasteiger partial charge in [-0.05, 0) is 43.0 Å². The summed E-state index contributed by atoms with van der Waals surface area (Å²) < 4.78 is 11.5. The first-order valence-corrected chi connectivity index (χ1v) is 12.1. The molecule has 8 nitrogen and oxygen atoms in total. The summed E-state index contributed by atoms with van der Waals surface area (Å²) in [5.41, 5.74) is 3.20. The maximum atomic E-state index is 12.3. The Bertz CT molecular complexity index is 1370. The Kier molecular flexibility index (Phi) is 6.69. The van der Waals surface area contributed by atoms with Crippen molar-refractivity contribution in [3.8, 4) is 11.6 Å². The molecule has 0 unspecified atom stereocenters. The van der Waals surface area contributed by atoms with E-state index in [9.17, 15) is 9.59 Å². The van der Waals surface area contributed by atoms with Crippen molar-refractivity contribution in [2.75, 3.05) is 17.2 Å². The SMILES string of the molecule is Cc1ccc(NC(=O)COCc2ccccc2)cc1Oc1ccc2nc(NC(=O)C3CC3)sc2n1. The first kappa shape index (κ1) is 22.9. The van der Waals surface area contributed by atoms with Gasteiger partial charge in [0.25, 0.3) is 0 Å². The molecule has 2 amide bonds. The number of benzene rings is 2. The molecule has 178 valence electrons. The van der Waals surface area contributed by atoms with Crippen molar-refractivity contribution in [1.29, 1.82) is 0 Å². The summed E-state index contributed by atoms with van der Waals surface area (Å²) in [5, 5.41) is 6.23. The fraction of sp³-hybridized carbons (Fsp3) is 0.231. The molecule has 1 saturated carbocycles. The van der Waals surface area contributed by atoms with Gasteiger partial charge in [0.1, 0.15) is 22.7 Å². The Morgan fingerprint density at radius 1 is 1.03 bits per heavy atom. The van der Waals surface area contributed by atoms with Gasteiger partial charge in [-0.2, -0.15) is 0 Å². The third-order valence-corrected chi connectivity index (χ3v) is 6.32. The van der Waals surface area contributed by atoms with Gasteiger partial charge in [-0.25, -0.2) is 9.97 Å². The molecule has 2 N–H and O–H groups in total. The van der Waals surface area contributed by atoms with E-state index in [1.54, 1.807) is 12.1 Å². The number of hydrogen-bond donors (Lipinski definition) is 2. The highest BCUT2D eigenvalue weighted by molar-refractivity contribution is 7.21. The van der Waals surface area contributed by atoms with Crippen molar-refractivity contribution in [2.24, 2.45) is 5.92 Å². The maximum absolute atomic E-state index is 12.3. The second kappa shape index (κ2) is 10.2. The van der Waals surface area contributed by atoms with Crippen LogP contribution in [0.3, 0.4) is 0 Å². The van der Waals surface area contributed by atoms with Crippen LogP contribution < -0.4 is 15.4 Å². The van der Waals surface area contributed by atoms with E-state index < -0.39 is 0 Å². The number of nitrogens with zero attached hydrogens (tertiary/aromatic N) is 2. The number of fused-ring (bicyclic) bond motifs is 1. The molecule has 0 aliphatic heterocycles. The number of carbonyl (C=O) groups excluding carboxylic acids is 2. The Morgan fingerprint density at radius 3 is 2.66 bits per heavy atom. The Balaban J connectivity index is 1.21. The molecule has 35 heavy (non-hydrogen) atoms. The van der Waals surface area contributed by atoms with Gasteiger partial charge in [-0.1, -0.05) is 47.7 Å². The van der Waals surface area contributed by atoms with Crippen LogP contribution in [0, 0.1) is 12.8 Å². The number of aromatic nitrogens is 2. The molecular weight excluding hydrogens is 464 g/mol. The van der Waals surface area contributed by atoms with Gasteiger partial charge in [0, 0.05) is 23.7 Å². The van der Waals surface area contributed by atoms with E-state index in [2.05, 4.69) is 20.6 Å². The highest BCUT2D eigenvalue weighted by atomic mass is 32.1. The van der Waals surface area contributed by atoms with Crippen molar-refractivity contribution < 1.29 is 19.1 Å². The molecule has 2 aromatic heterocycles. The van der Waals surface area contributed by atoms with Crippen LogP contribution in [0.1, 0.15) is 24.0 Å². The molecule has 0 spiro atoms. The normalized spacial score (nSPS) is 12.9. The highest BCUT2D eigenvalue weighted by Gasteiger charge is 2.30. The topological polar surface area (TPSA) is 102 Å². The van der Waals surface area contributed by atoms with Crippen LogP contribution >= 0.6 is 11.3 Å². The molecule has 0 bridgehead atoms. The number of hydrogen-bond acceptors (Lipinski definition) is 7. The number of amides is 2. The predicted octanol–water partition coefficient (Wildman–Crippen LogP) is 5.30. The van der Waals surface area contributed by atoms with Crippen molar-refractivity contribution in [1.82, 2.24) is 9.97 Å². The van der Waals surface area contributed by atoms with E-state index in [-0.39, 0.29) is 24.3 Å². The number of nitrogens with one attached hydrogen (secondary N) is 2. The Labute approximate surface area is 206 Å². The zero-order valence-corrected chi connectivity index (χ0v) is 19.9. The van der Waals surface area contributed by atoms with Gasteiger partial charge in [0.2, 0.25) is 17.7 Å². The van der Waals surface area contributed by atoms with Crippen LogP contribution in [0.4, 0.5) is 10.8 Å². The number of rotatable bonds is 9. The summed E-state index contributed by atoms with van der Waals surface area (Å²) in [7, 11) is 0. The lowest BCUT2D eigenvalue weighted by atomic mass is 10.2. The fourth-order valence-corrected chi connectivity index (χ4v) is 4.23. The van der Waals surface area contributed by atoms with E-state index >= 15 is 0 Å². The standard InChI is InChI=1S/C26H24N4O4S/c1-16-7-10-19(27-22(31)15-33-14-17-5-3-2-4-6-17)13-21(16)34-23-12-11-20-25(29-23)35-26(28-20)30-24(32)18-8-9-18/h2-7,10-13,18H,8-9,14-15H2,1H3,(H,27,31)(H,28,30,32). The van der Waals surface area contributed by atoms with Crippen LogP contribution in [0.25, 0.3) is 10.3 Å². The zero-order chi connectivity index (χ0) is 24.2. The Hall–Kier alpha value is -3.82. The Morgan fingerprint density at radius 2 is 1.86 bits per heavy atom. The molecule has 9 heteroatoms. The molecule has 1 fully saturated rings. The van der Waals surface area contributed by atoms with E-state index in [4.69, 9.17) is 9.47 Å². The smallest absolute Gasteiger partial charge is 0.250 e. The quantitative estimate of drug-likeness (QED) is 0.332. The average Bonchev–Trinajstić information content (AvgIpc) is 3.63. The molecule has 2 aromatic carbocycles. The molecular formula is C26H24N4O4S. The molecule has 2 heterocycles. The van der Waals surface area contributed by atoms with Crippen LogP contribution in [0.5, 0.6) is 11.6 Å². The van der Waals surface area contributed by atoms with Gasteiger partial charge in [0.15, 0.2) is 5.13 Å². The summed E-state index contributed by atoms with van der Waals surface area (Å²) >= 11 is 1.31. The number of aryl methyl sites for hydroxylation is 1. The maximum Gasteiger partial charge on any atom is 0.250 e. The number of thiazole rings is 1. The lowest BCUT2D eigenvalue weighted by Crippen LogP contribution is -2.18. The minimum Gasteiger partial charge on any atom is -0.439 e. The predicted molar refractivity (Wildman–Crippen MR) is 135 cm³/mol. The van der Waals surface area contributed by atoms with E-state index in [0.717, 1.165) is 24.0 Å². The summed E-state index contributed by atoms with van der Waals surface area (Å²) in [6.07, 6.45) is 1.87. The first-order chi connectivity index (χ1) is 17.0. The molecule has 4 aromatic rings. The van der Waals surface area contributed by atoms with Gasteiger partial charge in [0.05, 0.1) is 6.61 Å². The summed E-state index contributed by atoms with van der Waals surface area (Å²) in [5.74, 6) is 0.854.